The minimum atomic E-state index is -0.345. The van der Waals surface area contributed by atoms with Gasteiger partial charge in [0.1, 0.15) is 5.69 Å². The van der Waals surface area contributed by atoms with Crippen molar-refractivity contribution in [3.63, 3.8) is 0 Å². The number of pyridine rings is 1. The number of carbonyl (C=O) groups excluding carboxylic acids is 1. The van der Waals surface area contributed by atoms with Gasteiger partial charge in [0.15, 0.2) is 0 Å². The maximum atomic E-state index is 11.4. The van der Waals surface area contributed by atoms with Crippen LogP contribution < -0.4 is 11.3 Å². The molecule has 1 aromatic heterocycles. The van der Waals surface area contributed by atoms with Crippen molar-refractivity contribution in [3.8, 4) is 0 Å². The van der Waals surface area contributed by atoms with Crippen LogP contribution in [0.25, 0.3) is 0 Å². The molecule has 3 N–H and O–H groups in total. The second-order valence-electron chi connectivity index (χ2n) is 5.63. The van der Waals surface area contributed by atoms with E-state index >= 15 is 0 Å². The summed E-state index contributed by atoms with van der Waals surface area (Å²) in [6, 6.07) is 5.48. The molecule has 1 aliphatic rings. The van der Waals surface area contributed by atoms with E-state index in [1.807, 2.05) is 12.1 Å². The third-order valence-corrected chi connectivity index (χ3v) is 3.50. The zero-order valence-corrected chi connectivity index (χ0v) is 11.6. The molecule has 0 saturated carbocycles. The highest BCUT2D eigenvalue weighted by atomic mass is 16.2. The third-order valence-electron chi connectivity index (χ3n) is 3.50. The zero-order valence-electron chi connectivity index (χ0n) is 11.6. The maximum absolute atomic E-state index is 11.4. The van der Waals surface area contributed by atoms with Crippen LogP contribution in [-0.4, -0.2) is 28.9 Å². The van der Waals surface area contributed by atoms with Gasteiger partial charge in [-0.25, -0.2) is 10.8 Å². The van der Waals surface area contributed by atoms with Gasteiger partial charge in [0.05, 0.1) is 5.69 Å². The van der Waals surface area contributed by atoms with E-state index in [1.165, 1.54) is 6.42 Å². The number of rotatable bonds is 3. The van der Waals surface area contributed by atoms with Crippen LogP contribution in [0.15, 0.2) is 18.2 Å². The second kappa shape index (κ2) is 6.12. The zero-order chi connectivity index (χ0) is 13.8. The van der Waals surface area contributed by atoms with Crippen LogP contribution in [0, 0.1) is 11.8 Å². The van der Waals surface area contributed by atoms with Crippen LogP contribution in [0.2, 0.25) is 0 Å². The number of carbonyl (C=O) groups is 1. The lowest BCUT2D eigenvalue weighted by atomic mass is 9.92. The average molecular weight is 262 g/mol. The number of amides is 1. The molecule has 5 nitrogen and oxygen atoms in total. The number of nitrogen functional groups attached to an aromatic ring is 1. The van der Waals surface area contributed by atoms with Crippen molar-refractivity contribution in [2.24, 2.45) is 17.7 Å². The summed E-state index contributed by atoms with van der Waals surface area (Å²) < 4.78 is 0. The molecule has 2 heterocycles. The lowest BCUT2D eigenvalue weighted by molar-refractivity contribution is 0.0947. The first kappa shape index (κ1) is 14.0. The van der Waals surface area contributed by atoms with Gasteiger partial charge in [0.25, 0.3) is 5.91 Å². The number of nitrogens with zero attached hydrogens (tertiary/aromatic N) is 2. The minimum Gasteiger partial charge on any atom is -0.297 e. The van der Waals surface area contributed by atoms with Gasteiger partial charge in [-0.3, -0.25) is 15.1 Å². The van der Waals surface area contributed by atoms with Crippen molar-refractivity contribution in [2.45, 2.75) is 26.8 Å². The largest absolute Gasteiger partial charge is 0.297 e. The summed E-state index contributed by atoms with van der Waals surface area (Å²) in [5.74, 6) is 6.22. The molecule has 0 radical (unpaired) electrons. The summed E-state index contributed by atoms with van der Waals surface area (Å²) >= 11 is 0. The lowest BCUT2D eigenvalue weighted by Crippen LogP contribution is -2.38. The predicted molar refractivity (Wildman–Crippen MR) is 74.1 cm³/mol. The Hall–Kier alpha value is -1.46. The summed E-state index contributed by atoms with van der Waals surface area (Å²) in [6.07, 6.45) is 1.29. The molecule has 104 valence electrons. The molecule has 1 saturated heterocycles. The number of piperidine rings is 1. The molecule has 1 aromatic rings. The van der Waals surface area contributed by atoms with E-state index in [0.717, 1.165) is 37.2 Å². The molecule has 2 unspecified atom stereocenters. The van der Waals surface area contributed by atoms with Gasteiger partial charge in [-0.1, -0.05) is 19.9 Å². The van der Waals surface area contributed by atoms with Crippen LogP contribution >= 0.6 is 0 Å². The molecule has 0 aromatic carbocycles. The van der Waals surface area contributed by atoms with Crippen LogP contribution in [0.5, 0.6) is 0 Å². The van der Waals surface area contributed by atoms with Gasteiger partial charge in [0.2, 0.25) is 0 Å². The smallest absolute Gasteiger partial charge is 0.283 e. The number of aromatic nitrogens is 1. The molecule has 0 spiro atoms. The number of nitrogens with one attached hydrogen (secondary N) is 1. The number of hydrazine groups is 1. The van der Waals surface area contributed by atoms with Crippen molar-refractivity contribution >= 4 is 5.91 Å². The van der Waals surface area contributed by atoms with Crippen LogP contribution in [0.4, 0.5) is 0 Å². The van der Waals surface area contributed by atoms with E-state index in [0.29, 0.717) is 5.69 Å². The first-order valence-corrected chi connectivity index (χ1v) is 6.77. The SMILES string of the molecule is CC1CC(C)CN(Cc2cccc(C(=O)NN)n2)C1. The number of likely N-dealkylation sites (tertiary alicyclic amines) is 1. The van der Waals surface area contributed by atoms with Gasteiger partial charge >= 0.3 is 0 Å². The van der Waals surface area contributed by atoms with Gasteiger partial charge in [-0.05, 0) is 30.4 Å². The Morgan fingerprint density at radius 1 is 1.42 bits per heavy atom. The number of hydrogen-bond acceptors (Lipinski definition) is 4. The fourth-order valence-electron chi connectivity index (χ4n) is 2.92. The molecule has 0 bridgehead atoms. The Morgan fingerprint density at radius 2 is 2.11 bits per heavy atom. The van der Waals surface area contributed by atoms with Crippen LogP contribution in [0.3, 0.4) is 0 Å². The van der Waals surface area contributed by atoms with Crippen molar-refractivity contribution < 1.29 is 4.79 Å². The van der Waals surface area contributed by atoms with Crippen molar-refractivity contribution in [1.82, 2.24) is 15.3 Å². The molecular weight excluding hydrogens is 240 g/mol. The van der Waals surface area contributed by atoms with Gasteiger partial charge in [-0.2, -0.15) is 0 Å². The molecule has 1 fully saturated rings. The molecule has 2 rings (SSSR count). The third kappa shape index (κ3) is 3.75. The van der Waals surface area contributed by atoms with E-state index < -0.39 is 0 Å². The van der Waals surface area contributed by atoms with E-state index in [2.05, 4.69) is 29.2 Å². The molecule has 2 atom stereocenters. The van der Waals surface area contributed by atoms with E-state index in [4.69, 9.17) is 5.84 Å². The molecule has 19 heavy (non-hydrogen) atoms. The Kier molecular flexibility index (Phi) is 4.50. The van der Waals surface area contributed by atoms with E-state index in [9.17, 15) is 4.79 Å². The van der Waals surface area contributed by atoms with Crippen LogP contribution in [0.1, 0.15) is 36.5 Å². The molecular formula is C14H22N4O. The van der Waals surface area contributed by atoms with Crippen molar-refractivity contribution in [2.75, 3.05) is 13.1 Å². The first-order chi connectivity index (χ1) is 9.08. The number of hydrogen-bond donors (Lipinski definition) is 2. The monoisotopic (exact) mass is 262 g/mol. The van der Waals surface area contributed by atoms with E-state index in [1.54, 1.807) is 6.07 Å². The highest BCUT2D eigenvalue weighted by Gasteiger charge is 2.22. The maximum Gasteiger partial charge on any atom is 0.283 e. The molecule has 1 amide bonds. The van der Waals surface area contributed by atoms with Gasteiger partial charge < -0.3 is 0 Å². The van der Waals surface area contributed by atoms with Gasteiger partial charge in [-0.15, -0.1) is 0 Å². The predicted octanol–water partition coefficient (Wildman–Crippen LogP) is 1.16. The quantitative estimate of drug-likeness (QED) is 0.487. The Labute approximate surface area is 114 Å². The Morgan fingerprint density at radius 3 is 2.74 bits per heavy atom. The average Bonchev–Trinajstić information content (AvgIpc) is 2.37. The summed E-state index contributed by atoms with van der Waals surface area (Å²) in [6.45, 7) is 7.56. The molecule has 0 aliphatic carbocycles. The Bertz CT molecular complexity index is 439. The summed E-state index contributed by atoms with van der Waals surface area (Å²) in [4.78, 5) is 18.2. The highest BCUT2D eigenvalue weighted by molar-refractivity contribution is 5.91. The highest BCUT2D eigenvalue weighted by Crippen LogP contribution is 2.22. The van der Waals surface area contributed by atoms with Gasteiger partial charge in [0, 0.05) is 19.6 Å². The fraction of sp³-hybridized carbons (Fsp3) is 0.571. The second-order valence-corrected chi connectivity index (χ2v) is 5.63. The van der Waals surface area contributed by atoms with E-state index in [-0.39, 0.29) is 5.91 Å². The normalized spacial score (nSPS) is 24.2. The lowest BCUT2D eigenvalue weighted by Gasteiger charge is -2.34. The summed E-state index contributed by atoms with van der Waals surface area (Å²) in [7, 11) is 0. The fourth-order valence-corrected chi connectivity index (χ4v) is 2.92. The van der Waals surface area contributed by atoms with Crippen molar-refractivity contribution in [3.05, 3.63) is 29.6 Å². The molecule has 1 aliphatic heterocycles. The number of nitrogens with two attached hydrogens (primary N) is 1. The van der Waals surface area contributed by atoms with Crippen molar-refractivity contribution in [1.29, 1.82) is 0 Å². The minimum absolute atomic E-state index is 0.345. The topological polar surface area (TPSA) is 71.2 Å². The summed E-state index contributed by atoms with van der Waals surface area (Å²) in [5.41, 5.74) is 3.40. The molecule has 5 heteroatoms. The standard InChI is InChI=1S/C14H22N4O/c1-10-6-11(2)8-18(7-10)9-12-4-3-5-13(16-12)14(19)17-15/h3-5,10-11H,6-9,15H2,1-2H3,(H,17,19). The summed E-state index contributed by atoms with van der Waals surface area (Å²) in [5, 5.41) is 0. The Balaban J connectivity index is 2.04. The first-order valence-electron chi connectivity index (χ1n) is 6.77. The van der Waals surface area contributed by atoms with Crippen LogP contribution in [-0.2, 0) is 6.54 Å².